The molecule has 0 saturated heterocycles. The summed E-state index contributed by atoms with van der Waals surface area (Å²) >= 11 is 18.0. The molecule has 0 atom stereocenters. The molecular weight excluding hydrogens is 413 g/mol. The van der Waals surface area contributed by atoms with Gasteiger partial charge < -0.3 is 20.1 Å². The minimum Gasteiger partial charge on any atom is -0.495 e. The van der Waals surface area contributed by atoms with E-state index in [1.165, 1.54) is 26.5 Å². The zero-order valence-electron chi connectivity index (χ0n) is 14.3. The van der Waals surface area contributed by atoms with Crippen LogP contribution in [0, 0.1) is 11.3 Å². The summed E-state index contributed by atoms with van der Waals surface area (Å²) in [5.41, 5.74) is 0.558. The molecular formula is C18H14Cl3N3O3. The van der Waals surface area contributed by atoms with Gasteiger partial charge in [-0.1, -0.05) is 34.8 Å². The number of rotatable bonds is 6. The Morgan fingerprint density at radius 2 is 1.74 bits per heavy atom. The van der Waals surface area contributed by atoms with E-state index in [2.05, 4.69) is 10.6 Å². The van der Waals surface area contributed by atoms with E-state index in [1.54, 1.807) is 24.3 Å². The van der Waals surface area contributed by atoms with Gasteiger partial charge in [0.2, 0.25) is 0 Å². The van der Waals surface area contributed by atoms with Crippen molar-refractivity contribution in [3.63, 3.8) is 0 Å². The fraction of sp³-hybridized carbons (Fsp3) is 0.111. The SMILES string of the molecule is COc1cc(N/C=C(/C#N)C(=O)Nc2cc(Cl)ccc2Cl)c(OC)cc1Cl. The van der Waals surface area contributed by atoms with Crippen LogP contribution in [0.25, 0.3) is 0 Å². The van der Waals surface area contributed by atoms with E-state index in [0.717, 1.165) is 0 Å². The number of carbonyl (C=O) groups is 1. The number of amides is 1. The zero-order chi connectivity index (χ0) is 20.0. The van der Waals surface area contributed by atoms with E-state index in [4.69, 9.17) is 44.3 Å². The predicted molar refractivity (Wildman–Crippen MR) is 107 cm³/mol. The Kier molecular flexibility index (Phi) is 7.19. The number of nitrogens with zero attached hydrogens (tertiary/aromatic N) is 1. The van der Waals surface area contributed by atoms with Gasteiger partial charge in [0.1, 0.15) is 23.1 Å². The Balaban J connectivity index is 2.25. The molecule has 0 fully saturated rings. The molecule has 0 aliphatic carbocycles. The first kappa shape index (κ1) is 20.7. The lowest BCUT2D eigenvalue weighted by molar-refractivity contribution is -0.112. The molecule has 2 aromatic rings. The summed E-state index contributed by atoms with van der Waals surface area (Å²) in [6, 6.07) is 9.56. The molecule has 0 aliphatic heterocycles. The first-order valence-electron chi connectivity index (χ1n) is 7.44. The first-order chi connectivity index (χ1) is 12.9. The molecule has 2 N–H and O–H groups in total. The van der Waals surface area contributed by atoms with E-state index in [9.17, 15) is 10.1 Å². The Morgan fingerprint density at radius 1 is 1.04 bits per heavy atom. The molecule has 0 saturated carbocycles. The number of nitriles is 1. The number of methoxy groups -OCH3 is 2. The molecule has 0 bridgehead atoms. The van der Waals surface area contributed by atoms with Crippen molar-refractivity contribution in [3.05, 3.63) is 57.2 Å². The largest absolute Gasteiger partial charge is 0.495 e. The highest BCUT2D eigenvalue weighted by Gasteiger charge is 2.13. The number of hydrogen-bond donors (Lipinski definition) is 2. The van der Waals surface area contributed by atoms with Crippen molar-refractivity contribution in [2.45, 2.75) is 0 Å². The highest BCUT2D eigenvalue weighted by molar-refractivity contribution is 6.36. The van der Waals surface area contributed by atoms with Gasteiger partial charge in [-0.3, -0.25) is 4.79 Å². The third kappa shape index (κ3) is 5.20. The third-order valence-electron chi connectivity index (χ3n) is 3.39. The summed E-state index contributed by atoms with van der Waals surface area (Å²) in [4.78, 5) is 12.3. The second kappa shape index (κ2) is 9.38. The number of nitrogens with one attached hydrogen (secondary N) is 2. The number of halogens is 3. The van der Waals surface area contributed by atoms with Crippen molar-refractivity contribution in [1.82, 2.24) is 0 Å². The van der Waals surface area contributed by atoms with Crippen molar-refractivity contribution in [2.75, 3.05) is 24.9 Å². The van der Waals surface area contributed by atoms with Crippen LogP contribution in [0.15, 0.2) is 42.1 Å². The molecule has 27 heavy (non-hydrogen) atoms. The van der Waals surface area contributed by atoms with Crippen molar-refractivity contribution in [3.8, 4) is 17.6 Å². The lowest BCUT2D eigenvalue weighted by atomic mass is 10.2. The Hall–Kier alpha value is -2.59. The summed E-state index contributed by atoms with van der Waals surface area (Å²) in [5.74, 6) is 0.156. The van der Waals surface area contributed by atoms with Crippen LogP contribution >= 0.6 is 34.8 Å². The Morgan fingerprint density at radius 3 is 2.37 bits per heavy atom. The number of benzene rings is 2. The van der Waals surface area contributed by atoms with Gasteiger partial charge in [0, 0.05) is 23.4 Å². The van der Waals surface area contributed by atoms with E-state index >= 15 is 0 Å². The standard InChI is InChI=1S/C18H14Cl3N3O3/c1-26-16-7-15(17(27-2)6-13(16)21)23-9-10(8-22)18(25)24-14-5-11(19)3-4-12(14)20/h3-7,9,23H,1-2H3,(H,24,25)/b10-9-. The minimum absolute atomic E-state index is 0.193. The molecule has 2 rings (SSSR count). The fourth-order valence-corrected chi connectivity index (χ4v) is 2.62. The number of hydrogen-bond acceptors (Lipinski definition) is 5. The summed E-state index contributed by atoms with van der Waals surface area (Å²) in [7, 11) is 2.93. The molecule has 140 valence electrons. The molecule has 9 heteroatoms. The van der Waals surface area contributed by atoms with Gasteiger partial charge in [-0.25, -0.2) is 0 Å². The van der Waals surface area contributed by atoms with Crippen LogP contribution in [0.4, 0.5) is 11.4 Å². The summed E-state index contributed by atoms with van der Waals surface area (Å²) in [5, 5.41) is 15.7. The minimum atomic E-state index is -0.658. The molecule has 0 unspecified atom stereocenters. The van der Waals surface area contributed by atoms with Gasteiger partial charge in [-0.15, -0.1) is 0 Å². The van der Waals surface area contributed by atoms with Crippen LogP contribution in [-0.4, -0.2) is 20.1 Å². The van der Waals surface area contributed by atoms with Crippen molar-refractivity contribution in [1.29, 1.82) is 5.26 Å². The second-order valence-corrected chi connectivity index (χ2v) is 6.33. The molecule has 0 spiro atoms. The highest BCUT2D eigenvalue weighted by Crippen LogP contribution is 2.36. The van der Waals surface area contributed by atoms with Crippen LogP contribution in [-0.2, 0) is 4.79 Å². The van der Waals surface area contributed by atoms with Crippen molar-refractivity contribution < 1.29 is 14.3 Å². The molecule has 0 aromatic heterocycles. The van der Waals surface area contributed by atoms with Crippen LogP contribution in [0.2, 0.25) is 15.1 Å². The maximum absolute atomic E-state index is 12.3. The Bertz CT molecular complexity index is 939. The van der Waals surface area contributed by atoms with Gasteiger partial charge in [-0.2, -0.15) is 5.26 Å². The maximum atomic E-state index is 12.3. The molecule has 0 aliphatic rings. The maximum Gasteiger partial charge on any atom is 0.267 e. The summed E-state index contributed by atoms with van der Waals surface area (Å²) in [6.45, 7) is 0. The van der Waals surface area contributed by atoms with Crippen LogP contribution in [0.5, 0.6) is 11.5 Å². The van der Waals surface area contributed by atoms with Crippen molar-refractivity contribution in [2.24, 2.45) is 0 Å². The van der Waals surface area contributed by atoms with Gasteiger partial charge in [0.25, 0.3) is 5.91 Å². The zero-order valence-corrected chi connectivity index (χ0v) is 16.5. The quantitative estimate of drug-likeness (QED) is 0.494. The number of anilines is 2. The number of ether oxygens (including phenoxy) is 2. The average molecular weight is 427 g/mol. The van der Waals surface area contributed by atoms with E-state index < -0.39 is 5.91 Å². The Labute approximate surface area is 171 Å². The summed E-state index contributed by atoms with van der Waals surface area (Å²) < 4.78 is 10.4. The van der Waals surface area contributed by atoms with Crippen LogP contribution < -0.4 is 20.1 Å². The molecule has 2 aromatic carbocycles. The fourth-order valence-electron chi connectivity index (χ4n) is 2.05. The molecule has 0 radical (unpaired) electrons. The molecule has 1 amide bonds. The van der Waals surface area contributed by atoms with Gasteiger partial charge in [0.05, 0.1) is 35.6 Å². The molecule has 0 heterocycles. The topological polar surface area (TPSA) is 83.4 Å². The smallest absolute Gasteiger partial charge is 0.267 e. The van der Waals surface area contributed by atoms with E-state index in [0.29, 0.717) is 37.9 Å². The molecule has 6 nitrogen and oxygen atoms in total. The van der Waals surface area contributed by atoms with Crippen LogP contribution in [0.3, 0.4) is 0 Å². The lowest BCUT2D eigenvalue weighted by Gasteiger charge is -2.12. The first-order valence-corrected chi connectivity index (χ1v) is 8.57. The van der Waals surface area contributed by atoms with Crippen LogP contribution in [0.1, 0.15) is 0 Å². The highest BCUT2D eigenvalue weighted by atomic mass is 35.5. The van der Waals surface area contributed by atoms with E-state index in [-0.39, 0.29) is 5.57 Å². The second-order valence-electron chi connectivity index (χ2n) is 5.08. The lowest BCUT2D eigenvalue weighted by Crippen LogP contribution is -2.15. The van der Waals surface area contributed by atoms with Gasteiger partial charge in [0.15, 0.2) is 0 Å². The summed E-state index contributed by atoms with van der Waals surface area (Å²) in [6.07, 6.45) is 1.24. The van der Waals surface area contributed by atoms with Gasteiger partial charge >= 0.3 is 0 Å². The van der Waals surface area contributed by atoms with Crippen molar-refractivity contribution >= 4 is 52.1 Å². The predicted octanol–water partition coefficient (Wildman–Crippen LogP) is 5.12. The normalized spacial score (nSPS) is 10.7. The monoisotopic (exact) mass is 425 g/mol. The van der Waals surface area contributed by atoms with E-state index in [1.807, 2.05) is 6.07 Å². The van der Waals surface area contributed by atoms with Gasteiger partial charge in [-0.05, 0) is 18.2 Å². The number of carbonyl (C=O) groups excluding carboxylic acids is 1. The third-order valence-corrected chi connectivity index (χ3v) is 4.25. The average Bonchev–Trinajstić information content (AvgIpc) is 2.65.